The fourth-order valence-corrected chi connectivity index (χ4v) is 4.76. The second-order valence-corrected chi connectivity index (χ2v) is 8.98. The summed E-state index contributed by atoms with van der Waals surface area (Å²) in [7, 11) is 0. The van der Waals surface area contributed by atoms with Gasteiger partial charge in [0.25, 0.3) is 0 Å². The van der Waals surface area contributed by atoms with Crippen LogP contribution in [0.5, 0.6) is 0 Å². The predicted molar refractivity (Wildman–Crippen MR) is 141 cm³/mol. The second kappa shape index (κ2) is 12.1. The van der Waals surface area contributed by atoms with E-state index < -0.39 is 0 Å². The Morgan fingerprint density at radius 3 is 1.88 bits per heavy atom. The van der Waals surface area contributed by atoms with Gasteiger partial charge >= 0.3 is 0 Å². The van der Waals surface area contributed by atoms with E-state index >= 15 is 0 Å². The highest BCUT2D eigenvalue weighted by Gasteiger charge is 2.32. The van der Waals surface area contributed by atoms with Gasteiger partial charge in [0.2, 0.25) is 5.91 Å². The van der Waals surface area contributed by atoms with Crippen molar-refractivity contribution in [2.24, 2.45) is 10.9 Å². The predicted octanol–water partition coefficient (Wildman–Crippen LogP) is 6.34. The van der Waals surface area contributed by atoms with Crippen LogP contribution in [-0.4, -0.2) is 35.7 Å². The van der Waals surface area contributed by atoms with Gasteiger partial charge in [0.15, 0.2) is 0 Å². The molecule has 2 atom stereocenters. The molecule has 0 aliphatic carbocycles. The molecule has 4 rings (SSSR count). The fraction of sp³-hybridized carbons (Fsp3) is 0.290. The molecule has 1 amide bonds. The molecule has 0 radical (unpaired) electrons. The van der Waals surface area contributed by atoms with Crippen molar-refractivity contribution in [3.05, 3.63) is 120 Å². The average molecular weight is 451 g/mol. The largest absolute Gasteiger partial charge is 0.342 e. The summed E-state index contributed by atoms with van der Waals surface area (Å²) in [6.07, 6.45) is 6.60. The zero-order valence-corrected chi connectivity index (χ0v) is 19.9. The number of nitrogens with zero attached hydrogens (tertiary/aromatic N) is 2. The van der Waals surface area contributed by atoms with E-state index in [4.69, 9.17) is 4.99 Å². The maximum atomic E-state index is 13.9. The molecule has 3 aromatic rings. The highest BCUT2D eigenvalue weighted by molar-refractivity contribution is 6.13. The second-order valence-electron chi connectivity index (χ2n) is 8.98. The lowest BCUT2D eigenvalue weighted by atomic mass is 9.88. The van der Waals surface area contributed by atoms with Crippen molar-refractivity contribution in [3.63, 3.8) is 0 Å². The van der Waals surface area contributed by atoms with E-state index in [2.05, 4.69) is 47.9 Å². The highest BCUT2D eigenvalue weighted by atomic mass is 16.2. The van der Waals surface area contributed by atoms with Crippen LogP contribution in [0, 0.1) is 5.92 Å². The van der Waals surface area contributed by atoms with Gasteiger partial charge in [-0.25, -0.2) is 0 Å². The molecule has 3 aromatic carbocycles. The van der Waals surface area contributed by atoms with Crippen molar-refractivity contribution >= 4 is 11.6 Å². The summed E-state index contributed by atoms with van der Waals surface area (Å²) in [5.74, 6) is -0.0134. The topological polar surface area (TPSA) is 32.7 Å². The van der Waals surface area contributed by atoms with E-state index in [-0.39, 0.29) is 17.9 Å². The maximum absolute atomic E-state index is 13.9. The zero-order valence-electron chi connectivity index (χ0n) is 19.9. The SMILES string of the molecule is C=CC[C@H](N=C(c1ccccc1)c1ccccc1)[C@@H](Cc1ccccc1)C(=O)N1CCCCC1. The molecule has 1 saturated heterocycles. The van der Waals surface area contributed by atoms with Gasteiger partial charge in [-0.3, -0.25) is 9.79 Å². The number of aliphatic imine (C=N–C) groups is 1. The number of hydrogen-bond acceptors (Lipinski definition) is 2. The summed E-state index contributed by atoms with van der Waals surface area (Å²) in [5, 5.41) is 0. The Labute approximate surface area is 203 Å². The first-order valence-corrected chi connectivity index (χ1v) is 12.4. The molecule has 0 bridgehead atoms. The molecular weight excluding hydrogens is 416 g/mol. The summed E-state index contributed by atoms with van der Waals surface area (Å²) >= 11 is 0. The van der Waals surface area contributed by atoms with E-state index in [1.165, 1.54) is 12.0 Å². The Kier molecular flexibility index (Phi) is 8.45. The lowest BCUT2D eigenvalue weighted by molar-refractivity contribution is -0.137. The molecule has 0 spiro atoms. The molecule has 1 heterocycles. The normalized spacial score (nSPS) is 15.2. The molecular formula is C31H34N2O. The van der Waals surface area contributed by atoms with Crippen molar-refractivity contribution in [1.29, 1.82) is 0 Å². The van der Waals surface area contributed by atoms with Crippen LogP contribution < -0.4 is 0 Å². The minimum atomic E-state index is -0.235. The number of benzene rings is 3. The number of rotatable bonds is 9. The molecule has 0 N–H and O–H groups in total. The van der Waals surface area contributed by atoms with Gasteiger partial charge in [-0.05, 0) is 37.7 Å². The number of hydrogen-bond donors (Lipinski definition) is 0. The summed E-state index contributed by atoms with van der Waals surface area (Å²) in [6.45, 7) is 5.71. The Balaban J connectivity index is 1.76. The summed E-state index contributed by atoms with van der Waals surface area (Å²) in [4.78, 5) is 21.3. The van der Waals surface area contributed by atoms with E-state index in [0.717, 1.165) is 42.8 Å². The van der Waals surface area contributed by atoms with E-state index in [0.29, 0.717) is 12.8 Å². The lowest BCUT2D eigenvalue weighted by Crippen LogP contribution is -2.44. The highest BCUT2D eigenvalue weighted by Crippen LogP contribution is 2.25. The van der Waals surface area contributed by atoms with Gasteiger partial charge in [-0.2, -0.15) is 0 Å². The van der Waals surface area contributed by atoms with E-state index in [1.807, 2.05) is 60.7 Å². The fourth-order valence-electron chi connectivity index (χ4n) is 4.76. The third-order valence-electron chi connectivity index (χ3n) is 6.55. The van der Waals surface area contributed by atoms with Crippen LogP contribution in [0.2, 0.25) is 0 Å². The maximum Gasteiger partial charge on any atom is 0.228 e. The van der Waals surface area contributed by atoms with Crippen LogP contribution in [0.15, 0.2) is 109 Å². The molecule has 34 heavy (non-hydrogen) atoms. The minimum Gasteiger partial charge on any atom is -0.342 e. The number of likely N-dealkylation sites (tertiary alicyclic amines) is 1. The summed E-state index contributed by atoms with van der Waals surface area (Å²) < 4.78 is 0. The third-order valence-corrected chi connectivity index (χ3v) is 6.55. The Morgan fingerprint density at radius 2 is 1.35 bits per heavy atom. The van der Waals surface area contributed by atoms with Crippen molar-refractivity contribution < 1.29 is 4.79 Å². The van der Waals surface area contributed by atoms with Crippen molar-refractivity contribution in [2.45, 2.75) is 38.1 Å². The lowest BCUT2D eigenvalue weighted by Gasteiger charge is -2.33. The Morgan fingerprint density at radius 1 is 0.824 bits per heavy atom. The van der Waals surface area contributed by atoms with Crippen LogP contribution in [0.25, 0.3) is 0 Å². The molecule has 0 aromatic heterocycles. The van der Waals surface area contributed by atoms with Crippen LogP contribution in [0.4, 0.5) is 0 Å². The van der Waals surface area contributed by atoms with Crippen molar-refractivity contribution in [1.82, 2.24) is 4.90 Å². The van der Waals surface area contributed by atoms with E-state index in [9.17, 15) is 4.79 Å². The molecule has 3 heteroatoms. The number of carbonyl (C=O) groups is 1. The minimum absolute atomic E-state index is 0.192. The van der Waals surface area contributed by atoms with Crippen LogP contribution >= 0.6 is 0 Å². The van der Waals surface area contributed by atoms with E-state index in [1.54, 1.807) is 0 Å². The monoisotopic (exact) mass is 450 g/mol. The Hall–Kier alpha value is -3.46. The van der Waals surface area contributed by atoms with Crippen molar-refractivity contribution in [2.75, 3.05) is 13.1 Å². The van der Waals surface area contributed by atoms with Gasteiger partial charge in [-0.15, -0.1) is 6.58 Å². The quantitative estimate of drug-likeness (QED) is 0.277. The molecule has 0 unspecified atom stereocenters. The molecule has 3 nitrogen and oxygen atoms in total. The molecule has 0 saturated carbocycles. The van der Waals surface area contributed by atoms with Crippen LogP contribution in [0.3, 0.4) is 0 Å². The average Bonchev–Trinajstić information content (AvgIpc) is 2.91. The van der Waals surface area contributed by atoms with Crippen LogP contribution in [-0.2, 0) is 11.2 Å². The first-order chi connectivity index (χ1) is 16.8. The van der Waals surface area contributed by atoms with Gasteiger partial charge < -0.3 is 4.90 Å². The molecule has 174 valence electrons. The molecule has 1 fully saturated rings. The van der Waals surface area contributed by atoms with Crippen molar-refractivity contribution in [3.8, 4) is 0 Å². The first kappa shape index (κ1) is 23.7. The van der Waals surface area contributed by atoms with Gasteiger partial charge in [0.1, 0.15) is 0 Å². The van der Waals surface area contributed by atoms with Gasteiger partial charge in [0.05, 0.1) is 17.7 Å². The number of piperidine rings is 1. The summed E-state index contributed by atoms with van der Waals surface area (Å²) in [6, 6.07) is 30.7. The summed E-state index contributed by atoms with van der Waals surface area (Å²) in [5.41, 5.74) is 4.22. The molecule has 1 aliphatic rings. The zero-order chi connectivity index (χ0) is 23.6. The smallest absolute Gasteiger partial charge is 0.228 e. The van der Waals surface area contributed by atoms with Gasteiger partial charge in [0, 0.05) is 24.2 Å². The van der Waals surface area contributed by atoms with Gasteiger partial charge in [-0.1, -0.05) is 97.1 Å². The number of carbonyl (C=O) groups excluding carboxylic acids is 1. The standard InChI is InChI=1S/C31H34N2O/c1-2-15-29(32-30(26-18-9-4-10-19-26)27-20-11-5-12-21-27)28(24-25-16-7-3-8-17-25)31(34)33-22-13-6-14-23-33/h2-5,7-12,16-21,28-29H,1,6,13-15,22-24H2/t28-,29+/m1/s1. The van der Waals surface area contributed by atoms with Crippen LogP contribution in [0.1, 0.15) is 42.4 Å². The Bertz CT molecular complexity index is 1030. The number of amides is 1. The first-order valence-electron chi connectivity index (χ1n) is 12.4. The third kappa shape index (κ3) is 6.11. The molecule has 1 aliphatic heterocycles.